The van der Waals surface area contributed by atoms with Gasteiger partial charge in [-0.05, 0) is 75.5 Å². The van der Waals surface area contributed by atoms with Gasteiger partial charge in [-0.2, -0.15) is 8.42 Å². The minimum atomic E-state index is -5.04. The van der Waals surface area contributed by atoms with Gasteiger partial charge in [-0.25, -0.2) is 26.3 Å². The van der Waals surface area contributed by atoms with Gasteiger partial charge in [0.2, 0.25) is 0 Å². The fourth-order valence-electron chi connectivity index (χ4n) is 6.18. The third-order valence-electron chi connectivity index (χ3n) is 7.95. The van der Waals surface area contributed by atoms with Crippen molar-refractivity contribution < 1.29 is 39.3 Å². The van der Waals surface area contributed by atoms with E-state index in [9.17, 15) is 13.0 Å². The van der Waals surface area contributed by atoms with Crippen molar-refractivity contribution >= 4 is 10.1 Å². The van der Waals surface area contributed by atoms with E-state index in [0.717, 1.165) is 18.2 Å². The summed E-state index contributed by atoms with van der Waals surface area (Å²) in [6.07, 6.45) is -0.0741. The number of fused-ring (bicyclic) bond motifs is 6. The van der Waals surface area contributed by atoms with Crippen LogP contribution >= 0.6 is 0 Å². The molecule has 0 aromatic heterocycles. The largest absolute Gasteiger partial charge is 0.294 e. The van der Waals surface area contributed by atoms with Crippen LogP contribution < -0.4 is 0 Å². The molecule has 0 atom stereocenters. The van der Waals surface area contributed by atoms with Gasteiger partial charge in [-0.3, -0.25) is 4.55 Å². The Kier molecular flexibility index (Phi) is 5.70. The highest BCUT2D eigenvalue weighted by atomic mass is 32.2. The van der Waals surface area contributed by atoms with Gasteiger partial charge >= 0.3 is 0 Å². The number of halogens is 6. The summed E-state index contributed by atoms with van der Waals surface area (Å²) >= 11 is 0. The number of hydrogen-bond acceptors (Lipinski definition) is 2. The second kappa shape index (κ2) is 9.04. The molecule has 1 N–H and O–H groups in total. The second-order valence-electron chi connectivity index (χ2n) is 10.2. The van der Waals surface area contributed by atoms with E-state index in [2.05, 4.69) is 0 Å². The Bertz CT molecular complexity index is 2010. The van der Waals surface area contributed by atoms with Crippen LogP contribution in [0, 0.1) is 34.9 Å². The fourth-order valence-corrected chi connectivity index (χ4v) is 6.73. The molecule has 0 radical (unpaired) electrons. The van der Waals surface area contributed by atoms with Crippen molar-refractivity contribution in [1.82, 2.24) is 0 Å². The first kappa shape index (κ1) is 26.5. The third kappa shape index (κ3) is 3.68. The van der Waals surface area contributed by atoms with E-state index >= 15 is 26.3 Å². The zero-order valence-electron chi connectivity index (χ0n) is 21.2. The average molecular weight is 595 g/mol. The molecule has 0 amide bonds. The van der Waals surface area contributed by atoms with Gasteiger partial charge in [-0.15, -0.1) is 0 Å². The van der Waals surface area contributed by atoms with Crippen molar-refractivity contribution in [2.75, 3.05) is 0 Å². The van der Waals surface area contributed by atoms with E-state index in [1.807, 2.05) is 0 Å². The van der Waals surface area contributed by atoms with Gasteiger partial charge in [0, 0.05) is 22.3 Å². The summed E-state index contributed by atoms with van der Waals surface area (Å²) in [4.78, 5) is -0.836. The summed E-state index contributed by atoms with van der Waals surface area (Å²) in [5, 5.41) is 0. The minimum Gasteiger partial charge on any atom is -0.282 e. The van der Waals surface area contributed by atoms with E-state index in [4.69, 9.17) is 0 Å². The molecule has 3 nitrogen and oxygen atoms in total. The van der Waals surface area contributed by atoms with Crippen LogP contribution in [0.3, 0.4) is 0 Å². The minimum absolute atomic E-state index is 0.00873. The molecule has 0 saturated heterocycles. The first-order chi connectivity index (χ1) is 20.0. The van der Waals surface area contributed by atoms with Gasteiger partial charge in [0.1, 0.15) is 0 Å². The monoisotopic (exact) mass is 594 g/mol. The second-order valence-corrected chi connectivity index (χ2v) is 11.7. The SMILES string of the molecule is O=S(=O)(O)c1cc(-c2c(F)c(F)c(F)c3c2Cc2ccccc2-3)cc(-c2c(F)c(F)c(F)c3c2Cc2ccccc2-3)c1. The van der Waals surface area contributed by atoms with Crippen LogP contribution in [0.1, 0.15) is 22.3 Å². The first-order valence-corrected chi connectivity index (χ1v) is 14.1. The molecule has 0 bridgehead atoms. The van der Waals surface area contributed by atoms with Gasteiger partial charge < -0.3 is 0 Å². The lowest BCUT2D eigenvalue weighted by atomic mass is 9.89. The number of hydrogen-bond donors (Lipinski definition) is 1. The van der Waals surface area contributed by atoms with Crippen molar-refractivity contribution in [3.05, 3.63) is 124 Å². The Hall–Kier alpha value is -4.41. The lowest BCUT2D eigenvalue weighted by Gasteiger charge is -2.17. The molecule has 5 aromatic rings. The highest BCUT2D eigenvalue weighted by Crippen LogP contribution is 2.49. The summed E-state index contributed by atoms with van der Waals surface area (Å²) in [5.74, 6) is -9.72. The molecular formula is C32H16F6O3S. The van der Waals surface area contributed by atoms with Crippen molar-refractivity contribution in [3.8, 4) is 44.5 Å². The molecule has 42 heavy (non-hydrogen) atoms. The van der Waals surface area contributed by atoms with Crippen LogP contribution in [0.4, 0.5) is 26.3 Å². The summed E-state index contributed by atoms with van der Waals surface area (Å²) in [5.41, 5.74) is -0.340. The van der Waals surface area contributed by atoms with Crippen molar-refractivity contribution in [3.63, 3.8) is 0 Å². The van der Waals surface area contributed by atoms with E-state index < -0.39 is 61.0 Å². The maximum Gasteiger partial charge on any atom is 0.294 e. The Labute approximate surface area is 235 Å². The standard InChI is InChI=1S/C32H16F6O3S/c33-27-23(21-12-14-5-1-3-7-19(14)25(21)29(35)31(27)37)16-9-17(11-18(10-16)42(39,40)41)24-22-13-15-6-2-4-8-20(15)26(22)30(36)32(38)28(24)34/h1-11H,12-13H2,(H,39,40,41). The van der Waals surface area contributed by atoms with E-state index in [0.29, 0.717) is 22.3 Å². The molecule has 0 heterocycles. The normalized spacial score (nSPS) is 13.1. The van der Waals surface area contributed by atoms with Crippen LogP contribution in [0.25, 0.3) is 44.5 Å². The molecule has 210 valence electrons. The molecule has 2 aliphatic carbocycles. The van der Waals surface area contributed by atoms with Crippen LogP contribution in [-0.2, 0) is 23.0 Å². The average Bonchev–Trinajstić information content (AvgIpc) is 3.53. The molecule has 0 spiro atoms. The summed E-state index contributed by atoms with van der Waals surface area (Å²) in [6, 6.07) is 15.6. The predicted octanol–water partition coefficient (Wildman–Crippen LogP) is 8.24. The molecule has 0 aliphatic heterocycles. The molecule has 0 fully saturated rings. The summed E-state index contributed by atoms with van der Waals surface area (Å²) in [6.45, 7) is 0. The predicted molar refractivity (Wildman–Crippen MR) is 143 cm³/mol. The zero-order chi connectivity index (χ0) is 29.7. The first-order valence-electron chi connectivity index (χ1n) is 12.7. The summed E-state index contributed by atoms with van der Waals surface area (Å²) < 4.78 is 126. The molecule has 10 heteroatoms. The fraction of sp³-hybridized carbons (Fsp3) is 0.0625. The van der Waals surface area contributed by atoms with Gasteiger partial charge in [0.25, 0.3) is 10.1 Å². The molecule has 5 aromatic carbocycles. The van der Waals surface area contributed by atoms with Crippen LogP contribution in [0.15, 0.2) is 71.6 Å². The highest BCUT2D eigenvalue weighted by molar-refractivity contribution is 7.85. The number of benzene rings is 5. The Morgan fingerprint density at radius 2 is 0.905 bits per heavy atom. The van der Waals surface area contributed by atoms with Gasteiger partial charge in [-0.1, -0.05) is 48.5 Å². The van der Waals surface area contributed by atoms with Crippen molar-refractivity contribution in [1.29, 1.82) is 0 Å². The van der Waals surface area contributed by atoms with E-state index in [1.165, 1.54) is 12.1 Å². The lowest BCUT2D eigenvalue weighted by molar-refractivity contribution is 0.450. The van der Waals surface area contributed by atoms with Crippen LogP contribution in [-0.4, -0.2) is 13.0 Å². The van der Waals surface area contributed by atoms with Gasteiger partial charge in [0.05, 0.1) is 4.90 Å². The number of rotatable bonds is 3. The Morgan fingerprint density at radius 3 is 1.31 bits per heavy atom. The summed E-state index contributed by atoms with van der Waals surface area (Å²) in [7, 11) is -5.04. The Balaban J connectivity index is 1.55. The maximum absolute atomic E-state index is 15.6. The Morgan fingerprint density at radius 1 is 0.524 bits per heavy atom. The molecular weight excluding hydrogens is 578 g/mol. The smallest absolute Gasteiger partial charge is 0.282 e. The van der Waals surface area contributed by atoms with Crippen LogP contribution in [0.5, 0.6) is 0 Å². The molecule has 2 aliphatic rings. The topological polar surface area (TPSA) is 54.4 Å². The molecule has 0 saturated carbocycles. The third-order valence-corrected chi connectivity index (χ3v) is 8.78. The van der Waals surface area contributed by atoms with Crippen molar-refractivity contribution in [2.24, 2.45) is 0 Å². The molecule has 7 rings (SSSR count). The van der Waals surface area contributed by atoms with E-state index in [-0.39, 0.29) is 46.2 Å². The maximum atomic E-state index is 15.6. The molecule has 0 unspecified atom stereocenters. The van der Waals surface area contributed by atoms with E-state index in [1.54, 1.807) is 36.4 Å². The van der Waals surface area contributed by atoms with Crippen LogP contribution in [0.2, 0.25) is 0 Å². The van der Waals surface area contributed by atoms with Crippen molar-refractivity contribution in [2.45, 2.75) is 17.7 Å². The highest BCUT2D eigenvalue weighted by Gasteiger charge is 2.35. The van der Waals surface area contributed by atoms with Gasteiger partial charge in [0.15, 0.2) is 34.9 Å². The quantitative estimate of drug-likeness (QED) is 0.127. The lowest BCUT2D eigenvalue weighted by Crippen LogP contribution is -2.06. The zero-order valence-corrected chi connectivity index (χ0v) is 22.0.